The van der Waals surface area contributed by atoms with Crippen LogP contribution in [0.4, 0.5) is 0 Å². The third kappa shape index (κ3) is 3.60. The smallest absolute Gasteiger partial charge is 0.150 e. The van der Waals surface area contributed by atoms with Crippen LogP contribution in [0.15, 0.2) is 43.0 Å². The summed E-state index contributed by atoms with van der Waals surface area (Å²) in [6, 6.07) is 6.45. The highest BCUT2D eigenvalue weighted by Crippen LogP contribution is 2.41. The van der Waals surface area contributed by atoms with Crippen molar-refractivity contribution in [1.29, 1.82) is 0 Å². The second-order valence-corrected chi connectivity index (χ2v) is 9.55. The van der Waals surface area contributed by atoms with Gasteiger partial charge in [-0.3, -0.25) is 9.97 Å². The second-order valence-electron chi connectivity index (χ2n) is 9.55. The molecule has 1 aliphatic heterocycles. The molecule has 166 valence electrons. The van der Waals surface area contributed by atoms with Crippen molar-refractivity contribution in [2.75, 3.05) is 6.61 Å². The molecule has 0 radical (unpaired) electrons. The first-order chi connectivity index (χ1) is 16.3. The quantitative estimate of drug-likeness (QED) is 0.415. The molecule has 4 aromatic rings. The van der Waals surface area contributed by atoms with Crippen molar-refractivity contribution in [2.24, 2.45) is 0 Å². The zero-order valence-corrected chi connectivity index (χ0v) is 18.5. The fourth-order valence-electron chi connectivity index (χ4n) is 4.79. The lowest BCUT2D eigenvalue weighted by Gasteiger charge is -2.23. The van der Waals surface area contributed by atoms with Crippen LogP contribution in [0.2, 0.25) is 0 Å². The van der Waals surface area contributed by atoms with Gasteiger partial charge in [-0.05, 0) is 57.1 Å². The lowest BCUT2D eigenvalue weighted by molar-refractivity contribution is -0.0365. The topological polar surface area (TPSA) is 78.6 Å². The van der Waals surface area contributed by atoms with Crippen molar-refractivity contribution in [3.63, 3.8) is 0 Å². The van der Waals surface area contributed by atoms with Gasteiger partial charge >= 0.3 is 0 Å². The first kappa shape index (κ1) is 19.3. The van der Waals surface area contributed by atoms with Gasteiger partial charge in [-0.1, -0.05) is 6.07 Å². The van der Waals surface area contributed by atoms with Crippen molar-refractivity contribution in [2.45, 2.75) is 63.0 Å². The van der Waals surface area contributed by atoms with Gasteiger partial charge in [0.25, 0.3) is 0 Å². The van der Waals surface area contributed by atoms with E-state index < -0.39 is 0 Å². The van der Waals surface area contributed by atoms with Gasteiger partial charge in [0.05, 0.1) is 35.0 Å². The highest BCUT2D eigenvalue weighted by atomic mass is 16.5. The number of rotatable bonds is 5. The first-order valence-corrected chi connectivity index (χ1v) is 12.1. The van der Waals surface area contributed by atoms with Crippen molar-refractivity contribution in [3.05, 3.63) is 54.4 Å². The molecule has 3 aromatic heterocycles. The van der Waals surface area contributed by atoms with Crippen molar-refractivity contribution in [3.8, 4) is 22.6 Å². The summed E-state index contributed by atoms with van der Waals surface area (Å²) in [5, 5.41) is 6.11. The molecule has 0 bridgehead atoms. The highest BCUT2D eigenvalue weighted by molar-refractivity contribution is 5.95. The summed E-state index contributed by atoms with van der Waals surface area (Å²) in [5.41, 5.74) is 6.88. The van der Waals surface area contributed by atoms with Crippen LogP contribution in [-0.4, -0.2) is 36.3 Å². The Morgan fingerprint density at radius 3 is 2.21 bits per heavy atom. The van der Waals surface area contributed by atoms with Gasteiger partial charge in [0.2, 0.25) is 0 Å². The number of fused-ring (bicyclic) bond motifs is 1. The lowest BCUT2D eigenvalue weighted by Crippen LogP contribution is -2.19. The van der Waals surface area contributed by atoms with E-state index in [1.165, 1.54) is 25.7 Å². The summed E-state index contributed by atoms with van der Waals surface area (Å²) >= 11 is 0. The zero-order chi connectivity index (χ0) is 21.8. The van der Waals surface area contributed by atoms with E-state index >= 15 is 0 Å². The van der Waals surface area contributed by atoms with Crippen LogP contribution >= 0.6 is 0 Å². The molecule has 1 aromatic carbocycles. The van der Waals surface area contributed by atoms with Crippen LogP contribution in [0, 0.1) is 0 Å². The number of hydrogen-bond acceptors (Lipinski definition) is 6. The largest absolute Gasteiger partial charge is 0.356 e. The Morgan fingerprint density at radius 2 is 1.52 bits per heavy atom. The molecule has 2 aliphatic carbocycles. The normalized spacial score (nSPS) is 20.9. The average molecular weight is 439 g/mol. The van der Waals surface area contributed by atoms with Gasteiger partial charge in [0, 0.05) is 41.8 Å². The number of aromatic nitrogens is 6. The maximum atomic E-state index is 6.10. The molecular weight excluding hydrogens is 412 g/mol. The van der Waals surface area contributed by atoms with E-state index in [4.69, 9.17) is 19.8 Å². The molecule has 7 rings (SSSR count). The standard InChI is InChI=1S/C26H26N6O/c1-2-10-33-25(3-1)32-24-9-8-18(22-14-27-12-20(29-22)16-4-5-16)11-19(24)26(31-32)23-15-28-13-21(30-23)17-6-7-17/h8-9,11-17,25H,1-7,10H2. The third-order valence-corrected chi connectivity index (χ3v) is 6.97. The molecular formula is C26H26N6O. The summed E-state index contributed by atoms with van der Waals surface area (Å²) < 4.78 is 8.15. The molecule has 0 spiro atoms. The monoisotopic (exact) mass is 438 g/mol. The fraction of sp³-hybridized carbons (Fsp3) is 0.423. The van der Waals surface area contributed by atoms with Gasteiger partial charge in [0.1, 0.15) is 11.4 Å². The van der Waals surface area contributed by atoms with Crippen molar-refractivity contribution >= 4 is 10.9 Å². The van der Waals surface area contributed by atoms with E-state index in [-0.39, 0.29) is 6.23 Å². The van der Waals surface area contributed by atoms with E-state index in [0.717, 1.165) is 70.8 Å². The number of hydrogen-bond donors (Lipinski definition) is 0. The summed E-state index contributed by atoms with van der Waals surface area (Å²) in [6.45, 7) is 0.778. The van der Waals surface area contributed by atoms with Crippen LogP contribution in [0.1, 0.15) is 74.4 Å². The maximum absolute atomic E-state index is 6.10. The lowest BCUT2D eigenvalue weighted by atomic mass is 10.1. The Labute approximate surface area is 192 Å². The summed E-state index contributed by atoms with van der Waals surface area (Å²) in [6.07, 6.45) is 15.5. The summed E-state index contributed by atoms with van der Waals surface area (Å²) in [7, 11) is 0. The van der Waals surface area contributed by atoms with Gasteiger partial charge < -0.3 is 4.74 Å². The predicted octanol–water partition coefficient (Wildman–Crippen LogP) is 5.40. The molecule has 0 amide bonds. The van der Waals surface area contributed by atoms with Crippen molar-refractivity contribution < 1.29 is 4.74 Å². The van der Waals surface area contributed by atoms with Gasteiger partial charge in [-0.25, -0.2) is 14.6 Å². The SMILES string of the molecule is c1cc2c(cc1-c1cncc(C3CC3)n1)c(-c1cncc(C3CC3)n1)nn2C1CCCCO1. The molecule has 1 unspecified atom stereocenters. The molecule has 3 fully saturated rings. The molecule has 3 aliphatic rings. The Morgan fingerprint density at radius 1 is 0.788 bits per heavy atom. The molecule has 0 N–H and O–H groups in total. The van der Waals surface area contributed by atoms with E-state index in [1.54, 1.807) is 0 Å². The zero-order valence-electron chi connectivity index (χ0n) is 18.5. The molecule has 7 heteroatoms. The van der Waals surface area contributed by atoms with Gasteiger partial charge in [0.15, 0.2) is 6.23 Å². The minimum Gasteiger partial charge on any atom is -0.356 e. The molecule has 2 saturated carbocycles. The summed E-state index contributed by atoms with van der Waals surface area (Å²) in [5.74, 6) is 1.12. The summed E-state index contributed by atoms with van der Waals surface area (Å²) in [4.78, 5) is 18.8. The van der Waals surface area contributed by atoms with E-state index in [2.05, 4.69) is 28.2 Å². The maximum Gasteiger partial charge on any atom is 0.150 e. The van der Waals surface area contributed by atoms with Gasteiger partial charge in [-0.2, -0.15) is 5.10 Å². The molecule has 1 saturated heterocycles. The highest BCUT2D eigenvalue weighted by Gasteiger charge is 2.28. The van der Waals surface area contributed by atoms with Crippen LogP contribution in [0.3, 0.4) is 0 Å². The van der Waals surface area contributed by atoms with Crippen LogP contribution < -0.4 is 0 Å². The van der Waals surface area contributed by atoms with E-state index in [9.17, 15) is 0 Å². The Kier molecular flexibility index (Phi) is 4.50. The van der Waals surface area contributed by atoms with Crippen molar-refractivity contribution in [1.82, 2.24) is 29.7 Å². The Balaban J connectivity index is 1.38. The molecule has 1 atom stereocenters. The first-order valence-electron chi connectivity index (χ1n) is 12.1. The van der Waals surface area contributed by atoms with Crippen LogP contribution in [0.5, 0.6) is 0 Å². The number of nitrogens with zero attached hydrogens (tertiary/aromatic N) is 6. The Bertz CT molecular complexity index is 1330. The fourth-order valence-corrected chi connectivity index (χ4v) is 4.79. The molecule has 33 heavy (non-hydrogen) atoms. The molecule has 4 heterocycles. The Hall–Kier alpha value is -3.19. The van der Waals surface area contributed by atoms with E-state index in [1.807, 2.05) is 29.5 Å². The minimum absolute atomic E-state index is 0.0431. The third-order valence-electron chi connectivity index (χ3n) is 6.97. The number of benzene rings is 1. The minimum atomic E-state index is -0.0431. The predicted molar refractivity (Wildman–Crippen MR) is 125 cm³/mol. The van der Waals surface area contributed by atoms with Gasteiger partial charge in [-0.15, -0.1) is 0 Å². The van der Waals surface area contributed by atoms with Crippen LogP contribution in [0.25, 0.3) is 33.5 Å². The second kappa shape index (κ2) is 7.70. The number of ether oxygens (including phenoxy) is 1. The molecule has 7 nitrogen and oxygen atoms in total. The van der Waals surface area contributed by atoms with Crippen LogP contribution in [-0.2, 0) is 4.74 Å². The average Bonchev–Trinajstić information content (AvgIpc) is 3.80. The van der Waals surface area contributed by atoms with E-state index in [0.29, 0.717) is 11.8 Å².